The zero-order chi connectivity index (χ0) is 14.9. The minimum atomic E-state index is -1.88. The molecule has 2 aromatic rings. The summed E-state index contributed by atoms with van der Waals surface area (Å²) in [6.45, 7) is 0. The summed E-state index contributed by atoms with van der Waals surface area (Å²) in [7, 11) is 0. The number of carbonyl (C=O) groups is 3. The maximum absolute atomic E-state index is 11.3. The molecular formula is C14H10NO5. The predicted molar refractivity (Wildman–Crippen MR) is 69.4 cm³/mol. The third kappa shape index (κ3) is 2.18. The maximum atomic E-state index is 11.3. The van der Waals surface area contributed by atoms with E-state index in [-0.39, 0.29) is 11.1 Å². The number of carboxylic acid groups (broad SMARTS) is 2. The van der Waals surface area contributed by atoms with Crippen molar-refractivity contribution in [1.82, 2.24) is 5.73 Å². The highest BCUT2D eigenvalue weighted by molar-refractivity contribution is 6.09. The lowest BCUT2D eigenvalue weighted by Gasteiger charge is -2.14. The Balaban J connectivity index is 2.88. The third-order valence-corrected chi connectivity index (χ3v) is 3.00. The molecule has 2 aromatic carbocycles. The zero-order valence-corrected chi connectivity index (χ0v) is 10.2. The average Bonchev–Trinajstić information content (AvgIpc) is 2.37. The lowest BCUT2D eigenvalue weighted by Crippen LogP contribution is -2.24. The van der Waals surface area contributed by atoms with Crippen LogP contribution in [0.5, 0.6) is 0 Å². The molecule has 1 amide bonds. The SMILES string of the molecule is [NH]C(=O)c1ccc2ccccc2c1C(C(=O)O)C(=O)O. The second kappa shape index (κ2) is 5.00. The summed E-state index contributed by atoms with van der Waals surface area (Å²) >= 11 is 0. The lowest BCUT2D eigenvalue weighted by molar-refractivity contribution is -0.149. The quantitative estimate of drug-likeness (QED) is 0.818. The Morgan fingerprint density at radius 3 is 2.10 bits per heavy atom. The first-order valence-corrected chi connectivity index (χ1v) is 5.66. The molecule has 0 saturated carbocycles. The molecule has 0 aliphatic heterocycles. The van der Waals surface area contributed by atoms with E-state index in [1.807, 2.05) is 0 Å². The van der Waals surface area contributed by atoms with Gasteiger partial charge in [-0.15, -0.1) is 0 Å². The number of nitrogens with one attached hydrogen (secondary N) is 1. The highest BCUT2D eigenvalue weighted by atomic mass is 16.4. The van der Waals surface area contributed by atoms with Crippen molar-refractivity contribution >= 4 is 28.6 Å². The zero-order valence-electron chi connectivity index (χ0n) is 10.2. The summed E-state index contributed by atoms with van der Waals surface area (Å²) in [5.41, 5.74) is 6.83. The van der Waals surface area contributed by atoms with Crippen LogP contribution in [0.15, 0.2) is 36.4 Å². The number of carboxylic acids is 2. The highest BCUT2D eigenvalue weighted by Gasteiger charge is 2.33. The van der Waals surface area contributed by atoms with Gasteiger partial charge in [0, 0.05) is 5.56 Å². The standard InChI is InChI=1S/C14H10NO5/c15-12(16)9-6-5-7-3-1-2-4-8(7)10(9)11(13(17)18)14(19)20/h1-6,11,15H,(H,17,18)(H,19,20). The molecule has 0 spiro atoms. The maximum Gasteiger partial charge on any atom is 0.322 e. The van der Waals surface area contributed by atoms with E-state index >= 15 is 0 Å². The minimum absolute atomic E-state index is 0.150. The molecule has 0 bridgehead atoms. The van der Waals surface area contributed by atoms with E-state index in [4.69, 9.17) is 15.9 Å². The minimum Gasteiger partial charge on any atom is -0.480 e. The van der Waals surface area contributed by atoms with Gasteiger partial charge in [-0.25, -0.2) is 0 Å². The number of benzene rings is 2. The van der Waals surface area contributed by atoms with Crippen molar-refractivity contribution in [2.45, 2.75) is 5.92 Å². The summed E-state index contributed by atoms with van der Waals surface area (Å²) in [6.07, 6.45) is 0. The van der Waals surface area contributed by atoms with Crippen molar-refractivity contribution in [3.05, 3.63) is 47.5 Å². The van der Waals surface area contributed by atoms with Gasteiger partial charge < -0.3 is 10.2 Å². The molecule has 2 rings (SSSR count). The summed E-state index contributed by atoms with van der Waals surface area (Å²) in [6, 6.07) is 9.39. The van der Waals surface area contributed by atoms with Crippen LogP contribution in [-0.4, -0.2) is 28.1 Å². The number of aliphatic carboxylic acids is 2. The van der Waals surface area contributed by atoms with Crippen LogP contribution in [0, 0.1) is 0 Å². The van der Waals surface area contributed by atoms with E-state index in [2.05, 4.69) is 0 Å². The number of hydrogen-bond donors (Lipinski definition) is 2. The number of carbonyl (C=O) groups excluding carboxylic acids is 1. The molecule has 0 saturated heterocycles. The topological polar surface area (TPSA) is 115 Å². The Kier molecular flexibility index (Phi) is 3.39. The van der Waals surface area contributed by atoms with Gasteiger partial charge in [0.2, 0.25) is 0 Å². The monoisotopic (exact) mass is 272 g/mol. The summed E-state index contributed by atoms with van der Waals surface area (Å²) in [5.74, 6) is -6.14. The molecule has 6 nitrogen and oxygen atoms in total. The molecule has 0 aliphatic carbocycles. The Morgan fingerprint density at radius 2 is 1.55 bits per heavy atom. The van der Waals surface area contributed by atoms with Crippen molar-refractivity contribution in [3.63, 3.8) is 0 Å². The molecular weight excluding hydrogens is 262 g/mol. The molecule has 0 heterocycles. The number of fused-ring (bicyclic) bond motifs is 1. The van der Waals surface area contributed by atoms with E-state index in [0.29, 0.717) is 10.8 Å². The molecule has 0 fully saturated rings. The van der Waals surface area contributed by atoms with Gasteiger partial charge in [0.15, 0.2) is 5.92 Å². The number of amides is 1. The normalized spacial score (nSPS) is 10.7. The fourth-order valence-corrected chi connectivity index (χ4v) is 2.16. The van der Waals surface area contributed by atoms with Crippen LogP contribution in [0.4, 0.5) is 0 Å². The van der Waals surface area contributed by atoms with Gasteiger partial charge >= 0.3 is 11.9 Å². The fourth-order valence-electron chi connectivity index (χ4n) is 2.16. The van der Waals surface area contributed by atoms with Crippen LogP contribution >= 0.6 is 0 Å². The van der Waals surface area contributed by atoms with Gasteiger partial charge in [-0.1, -0.05) is 30.3 Å². The first-order valence-electron chi connectivity index (χ1n) is 5.66. The fraction of sp³-hybridized carbons (Fsp3) is 0.0714. The molecule has 0 aromatic heterocycles. The summed E-state index contributed by atoms with van der Waals surface area (Å²) < 4.78 is 0. The van der Waals surface area contributed by atoms with Crippen LogP contribution in [0.1, 0.15) is 21.8 Å². The molecule has 0 atom stereocenters. The van der Waals surface area contributed by atoms with Crippen molar-refractivity contribution in [2.24, 2.45) is 0 Å². The lowest BCUT2D eigenvalue weighted by atomic mass is 9.88. The first kappa shape index (κ1) is 13.5. The van der Waals surface area contributed by atoms with E-state index in [9.17, 15) is 14.4 Å². The second-order valence-electron chi connectivity index (χ2n) is 4.19. The molecule has 0 unspecified atom stereocenters. The smallest absolute Gasteiger partial charge is 0.322 e. The number of hydrogen-bond acceptors (Lipinski definition) is 3. The van der Waals surface area contributed by atoms with Crippen molar-refractivity contribution in [2.75, 3.05) is 0 Å². The number of rotatable bonds is 4. The van der Waals surface area contributed by atoms with Gasteiger partial charge in [0.25, 0.3) is 5.91 Å². The molecule has 20 heavy (non-hydrogen) atoms. The first-order chi connectivity index (χ1) is 9.43. The van der Waals surface area contributed by atoms with Crippen LogP contribution in [0.3, 0.4) is 0 Å². The Hall–Kier alpha value is -2.89. The Bertz CT molecular complexity index is 709. The Labute approximate surface area is 113 Å². The molecule has 3 N–H and O–H groups in total. The average molecular weight is 272 g/mol. The second-order valence-corrected chi connectivity index (χ2v) is 4.19. The van der Waals surface area contributed by atoms with Gasteiger partial charge in [-0.3, -0.25) is 20.1 Å². The largest absolute Gasteiger partial charge is 0.480 e. The van der Waals surface area contributed by atoms with Crippen molar-refractivity contribution in [1.29, 1.82) is 0 Å². The summed E-state index contributed by atoms with van der Waals surface area (Å²) in [5, 5.41) is 19.2. The van der Waals surface area contributed by atoms with E-state index in [1.54, 1.807) is 24.3 Å². The van der Waals surface area contributed by atoms with Crippen LogP contribution in [0.2, 0.25) is 0 Å². The predicted octanol–water partition coefficient (Wildman–Crippen LogP) is 1.52. The van der Waals surface area contributed by atoms with Gasteiger partial charge in [0.1, 0.15) is 0 Å². The highest BCUT2D eigenvalue weighted by Crippen LogP contribution is 2.30. The van der Waals surface area contributed by atoms with Crippen LogP contribution in [0.25, 0.3) is 10.8 Å². The van der Waals surface area contributed by atoms with Gasteiger partial charge in [-0.05, 0) is 22.4 Å². The van der Waals surface area contributed by atoms with Crippen molar-refractivity contribution in [3.8, 4) is 0 Å². The van der Waals surface area contributed by atoms with Crippen LogP contribution in [-0.2, 0) is 9.59 Å². The van der Waals surface area contributed by atoms with E-state index < -0.39 is 23.8 Å². The van der Waals surface area contributed by atoms with Crippen molar-refractivity contribution < 1.29 is 24.6 Å². The van der Waals surface area contributed by atoms with E-state index in [1.165, 1.54) is 12.1 Å². The third-order valence-electron chi connectivity index (χ3n) is 3.00. The van der Waals surface area contributed by atoms with E-state index in [0.717, 1.165) is 0 Å². The van der Waals surface area contributed by atoms with Gasteiger partial charge in [-0.2, -0.15) is 0 Å². The molecule has 6 heteroatoms. The van der Waals surface area contributed by atoms with Crippen LogP contribution < -0.4 is 5.73 Å². The molecule has 1 radical (unpaired) electrons. The van der Waals surface area contributed by atoms with Gasteiger partial charge in [0.05, 0.1) is 0 Å². The Morgan fingerprint density at radius 1 is 0.950 bits per heavy atom. The molecule has 0 aliphatic rings. The summed E-state index contributed by atoms with van der Waals surface area (Å²) in [4.78, 5) is 33.8. The molecule has 101 valence electrons.